The molecule has 0 spiro atoms. The maximum Gasteiger partial charge on any atom is 0.224 e. The lowest BCUT2D eigenvalue weighted by Gasteiger charge is -2.08. The van der Waals surface area contributed by atoms with E-state index in [1.165, 1.54) is 12.1 Å². The summed E-state index contributed by atoms with van der Waals surface area (Å²) in [7, 11) is 1.63. The first-order chi connectivity index (χ1) is 10.6. The van der Waals surface area contributed by atoms with Gasteiger partial charge in [-0.3, -0.25) is 4.79 Å². The Balaban J connectivity index is 1.81. The highest BCUT2D eigenvalue weighted by atomic mass is 19.1. The summed E-state index contributed by atoms with van der Waals surface area (Å²) in [6.07, 6.45) is 1.97. The van der Waals surface area contributed by atoms with Crippen molar-refractivity contribution in [1.29, 1.82) is 0 Å². The van der Waals surface area contributed by atoms with Crippen LogP contribution in [-0.4, -0.2) is 13.0 Å². The summed E-state index contributed by atoms with van der Waals surface area (Å²) in [6, 6.07) is 12.2. The molecule has 0 radical (unpaired) electrons. The second-order valence-electron chi connectivity index (χ2n) is 5.21. The van der Waals surface area contributed by atoms with Gasteiger partial charge in [-0.2, -0.15) is 0 Å². The molecule has 2 rings (SSSR count). The largest absolute Gasteiger partial charge is 0.497 e. The molecule has 1 amide bonds. The van der Waals surface area contributed by atoms with Crippen LogP contribution in [0.2, 0.25) is 0 Å². The highest BCUT2D eigenvalue weighted by Crippen LogP contribution is 2.17. The maximum absolute atomic E-state index is 13.2. The first kappa shape index (κ1) is 16.0. The molecule has 0 aromatic heterocycles. The molecule has 0 aliphatic carbocycles. The summed E-state index contributed by atoms with van der Waals surface area (Å²) in [5, 5.41) is 2.76. The van der Waals surface area contributed by atoms with Crippen LogP contribution < -0.4 is 10.1 Å². The quantitative estimate of drug-likeness (QED) is 0.872. The molecule has 0 saturated carbocycles. The van der Waals surface area contributed by atoms with Crippen LogP contribution in [0.4, 0.5) is 10.1 Å². The molecule has 0 aliphatic heterocycles. The number of benzene rings is 2. The molecule has 22 heavy (non-hydrogen) atoms. The van der Waals surface area contributed by atoms with E-state index in [2.05, 4.69) is 5.32 Å². The van der Waals surface area contributed by atoms with E-state index in [1.54, 1.807) is 13.2 Å². The number of carbonyl (C=O) groups excluding carboxylic acids is 1. The molecule has 2 aromatic carbocycles. The van der Waals surface area contributed by atoms with Crippen LogP contribution in [0.25, 0.3) is 0 Å². The summed E-state index contributed by atoms with van der Waals surface area (Å²) in [6.45, 7) is 1.84. The minimum absolute atomic E-state index is 0.0952. The Morgan fingerprint density at radius 2 is 1.91 bits per heavy atom. The molecule has 4 heteroatoms. The van der Waals surface area contributed by atoms with Crippen molar-refractivity contribution in [3.8, 4) is 5.75 Å². The Labute approximate surface area is 130 Å². The number of hydrogen-bond acceptors (Lipinski definition) is 2. The Morgan fingerprint density at radius 3 is 2.59 bits per heavy atom. The third-order valence-electron chi connectivity index (χ3n) is 3.50. The Morgan fingerprint density at radius 1 is 1.18 bits per heavy atom. The number of methoxy groups -OCH3 is 1. The number of aryl methyl sites for hydroxylation is 2. The van der Waals surface area contributed by atoms with Crippen LogP contribution in [0.5, 0.6) is 5.75 Å². The number of halogens is 1. The van der Waals surface area contributed by atoms with E-state index in [1.807, 2.05) is 31.2 Å². The Kier molecular flexibility index (Phi) is 5.53. The molecule has 0 bridgehead atoms. The third kappa shape index (κ3) is 4.58. The van der Waals surface area contributed by atoms with Gasteiger partial charge in [0.05, 0.1) is 7.11 Å². The van der Waals surface area contributed by atoms with Crippen molar-refractivity contribution in [2.45, 2.75) is 26.2 Å². The summed E-state index contributed by atoms with van der Waals surface area (Å²) in [4.78, 5) is 11.9. The van der Waals surface area contributed by atoms with Gasteiger partial charge >= 0.3 is 0 Å². The Hall–Kier alpha value is -2.36. The molecule has 116 valence electrons. The molecule has 1 N–H and O–H groups in total. The molecular formula is C18H20FNO2. The number of anilines is 1. The molecule has 3 nitrogen and oxygen atoms in total. The van der Waals surface area contributed by atoms with E-state index in [0.29, 0.717) is 12.1 Å². The SMILES string of the molecule is COc1ccc(CCCC(=O)Nc2cc(F)ccc2C)cc1. The first-order valence-corrected chi connectivity index (χ1v) is 7.27. The van der Waals surface area contributed by atoms with Gasteiger partial charge in [0.2, 0.25) is 5.91 Å². The lowest BCUT2D eigenvalue weighted by atomic mass is 10.1. The second kappa shape index (κ2) is 7.59. The molecule has 2 aromatic rings. The van der Waals surface area contributed by atoms with Crippen LogP contribution in [0.3, 0.4) is 0 Å². The summed E-state index contributed by atoms with van der Waals surface area (Å²) >= 11 is 0. The van der Waals surface area contributed by atoms with Gasteiger partial charge in [-0.15, -0.1) is 0 Å². The summed E-state index contributed by atoms with van der Waals surface area (Å²) in [5.41, 5.74) is 2.55. The lowest BCUT2D eigenvalue weighted by molar-refractivity contribution is -0.116. The molecular weight excluding hydrogens is 281 g/mol. The number of carbonyl (C=O) groups is 1. The number of amides is 1. The number of nitrogens with one attached hydrogen (secondary N) is 1. The average molecular weight is 301 g/mol. The lowest BCUT2D eigenvalue weighted by Crippen LogP contribution is -2.12. The van der Waals surface area contributed by atoms with Gasteiger partial charge in [0.25, 0.3) is 0 Å². The smallest absolute Gasteiger partial charge is 0.224 e. The highest BCUT2D eigenvalue weighted by Gasteiger charge is 2.06. The maximum atomic E-state index is 13.2. The van der Waals surface area contributed by atoms with E-state index < -0.39 is 0 Å². The van der Waals surface area contributed by atoms with E-state index >= 15 is 0 Å². The van der Waals surface area contributed by atoms with Crippen LogP contribution in [0, 0.1) is 12.7 Å². The first-order valence-electron chi connectivity index (χ1n) is 7.27. The standard InChI is InChI=1S/C18H20FNO2/c1-13-6-9-15(19)12-17(13)20-18(21)5-3-4-14-7-10-16(22-2)11-8-14/h6-12H,3-5H2,1-2H3,(H,20,21). The predicted molar refractivity (Wildman–Crippen MR) is 85.7 cm³/mol. The minimum Gasteiger partial charge on any atom is -0.497 e. The fourth-order valence-electron chi connectivity index (χ4n) is 2.19. The molecule has 0 fully saturated rings. The second-order valence-corrected chi connectivity index (χ2v) is 5.21. The summed E-state index contributed by atoms with van der Waals surface area (Å²) in [5.74, 6) is 0.379. The van der Waals surface area contributed by atoms with Crippen molar-refractivity contribution >= 4 is 11.6 Å². The summed E-state index contributed by atoms with van der Waals surface area (Å²) < 4.78 is 18.3. The number of rotatable bonds is 6. The van der Waals surface area contributed by atoms with E-state index in [4.69, 9.17) is 4.74 Å². The van der Waals surface area contributed by atoms with Crippen LogP contribution in [0.1, 0.15) is 24.0 Å². The van der Waals surface area contributed by atoms with Gasteiger partial charge in [0.1, 0.15) is 11.6 Å². The fraction of sp³-hybridized carbons (Fsp3) is 0.278. The zero-order chi connectivity index (χ0) is 15.9. The van der Waals surface area contributed by atoms with Crippen molar-refractivity contribution in [3.63, 3.8) is 0 Å². The Bertz CT molecular complexity index is 638. The predicted octanol–water partition coefficient (Wildman–Crippen LogP) is 4.10. The number of ether oxygens (including phenoxy) is 1. The van der Waals surface area contributed by atoms with Gasteiger partial charge in [-0.05, 0) is 55.2 Å². The molecule has 0 aliphatic rings. The molecule has 0 heterocycles. The van der Waals surface area contributed by atoms with Gasteiger partial charge in [0.15, 0.2) is 0 Å². The minimum atomic E-state index is -0.348. The topological polar surface area (TPSA) is 38.3 Å². The zero-order valence-electron chi connectivity index (χ0n) is 12.9. The van der Waals surface area contributed by atoms with Gasteiger partial charge in [-0.1, -0.05) is 18.2 Å². The number of hydrogen-bond donors (Lipinski definition) is 1. The highest BCUT2D eigenvalue weighted by molar-refractivity contribution is 5.91. The third-order valence-corrected chi connectivity index (χ3v) is 3.50. The van der Waals surface area contributed by atoms with Gasteiger partial charge in [0, 0.05) is 12.1 Å². The van der Waals surface area contributed by atoms with Gasteiger partial charge in [-0.25, -0.2) is 4.39 Å². The van der Waals surface area contributed by atoms with E-state index in [-0.39, 0.29) is 11.7 Å². The fourth-order valence-corrected chi connectivity index (χ4v) is 2.19. The molecule has 0 unspecified atom stereocenters. The molecule has 0 atom stereocenters. The zero-order valence-corrected chi connectivity index (χ0v) is 12.9. The molecule has 0 saturated heterocycles. The van der Waals surface area contributed by atoms with Crippen molar-refractivity contribution < 1.29 is 13.9 Å². The van der Waals surface area contributed by atoms with E-state index in [0.717, 1.165) is 29.7 Å². The average Bonchev–Trinajstić information content (AvgIpc) is 2.51. The van der Waals surface area contributed by atoms with Crippen molar-refractivity contribution in [2.24, 2.45) is 0 Å². The normalized spacial score (nSPS) is 10.3. The van der Waals surface area contributed by atoms with Gasteiger partial charge < -0.3 is 10.1 Å². The van der Waals surface area contributed by atoms with Crippen molar-refractivity contribution in [1.82, 2.24) is 0 Å². The van der Waals surface area contributed by atoms with Crippen LogP contribution >= 0.6 is 0 Å². The van der Waals surface area contributed by atoms with Crippen LogP contribution in [-0.2, 0) is 11.2 Å². The van der Waals surface area contributed by atoms with Crippen molar-refractivity contribution in [3.05, 3.63) is 59.4 Å². The van der Waals surface area contributed by atoms with Crippen molar-refractivity contribution in [2.75, 3.05) is 12.4 Å². The monoisotopic (exact) mass is 301 g/mol. The van der Waals surface area contributed by atoms with E-state index in [9.17, 15) is 9.18 Å². The van der Waals surface area contributed by atoms with Crippen LogP contribution in [0.15, 0.2) is 42.5 Å².